The summed E-state index contributed by atoms with van der Waals surface area (Å²) in [5, 5.41) is 12.6. The second-order valence-corrected chi connectivity index (χ2v) is 7.52. The van der Waals surface area contributed by atoms with Crippen LogP contribution in [-0.4, -0.2) is 41.1 Å². The first-order chi connectivity index (χ1) is 10.6. The molecule has 0 amide bonds. The van der Waals surface area contributed by atoms with Crippen LogP contribution < -0.4 is 5.32 Å². The first-order valence-corrected chi connectivity index (χ1v) is 8.83. The number of benzene rings is 1. The molecule has 120 valence electrons. The van der Waals surface area contributed by atoms with Gasteiger partial charge in [-0.3, -0.25) is 9.69 Å². The van der Waals surface area contributed by atoms with Gasteiger partial charge < -0.3 is 10.4 Å². The quantitative estimate of drug-likeness (QED) is 0.742. The number of carboxylic acid groups (broad SMARTS) is 1. The van der Waals surface area contributed by atoms with E-state index in [0.29, 0.717) is 12.1 Å². The molecule has 4 nitrogen and oxygen atoms in total. The van der Waals surface area contributed by atoms with Crippen LogP contribution in [0.5, 0.6) is 0 Å². The lowest BCUT2D eigenvalue weighted by Crippen LogP contribution is -2.54. The van der Waals surface area contributed by atoms with Crippen molar-refractivity contribution in [1.29, 1.82) is 0 Å². The number of carboxylic acids is 1. The molecule has 3 rings (SSSR count). The minimum absolute atomic E-state index is 0.194. The lowest BCUT2D eigenvalue weighted by atomic mass is 9.85. The molecule has 0 atom stereocenters. The van der Waals surface area contributed by atoms with Crippen LogP contribution in [0.3, 0.4) is 0 Å². The van der Waals surface area contributed by atoms with E-state index in [0.717, 1.165) is 36.3 Å². The maximum Gasteiger partial charge on any atom is 0.317 e. The van der Waals surface area contributed by atoms with Gasteiger partial charge >= 0.3 is 5.97 Å². The Hall–Kier alpha value is -0.910. The summed E-state index contributed by atoms with van der Waals surface area (Å²) < 4.78 is 1.11. The SMILES string of the molecule is O=C(O)CN(CC1CC1)C1CC(NCc2cccc(Br)c2)C1. The Labute approximate surface area is 140 Å². The molecule has 5 heteroatoms. The summed E-state index contributed by atoms with van der Waals surface area (Å²) in [7, 11) is 0. The Morgan fingerprint density at radius 1 is 1.36 bits per heavy atom. The lowest BCUT2D eigenvalue weighted by Gasteiger charge is -2.43. The molecule has 2 aliphatic rings. The number of rotatable bonds is 8. The van der Waals surface area contributed by atoms with Gasteiger partial charge in [0.1, 0.15) is 0 Å². The lowest BCUT2D eigenvalue weighted by molar-refractivity contribution is -0.139. The molecule has 2 aliphatic carbocycles. The first kappa shape index (κ1) is 16.0. The average molecular weight is 367 g/mol. The van der Waals surface area contributed by atoms with E-state index in [-0.39, 0.29) is 6.54 Å². The molecule has 0 bridgehead atoms. The van der Waals surface area contributed by atoms with E-state index in [1.54, 1.807) is 0 Å². The van der Waals surface area contributed by atoms with Crippen molar-refractivity contribution in [1.82, 2.24) is 10.2 Å². The van der Waals surface area contributed by atoms with E-state index >= 15 is 0 Å². The van der Waals surface area contributed by atoms with Crippen molar-refractivity contribution in [3.63, 3.8) is 0 Å². The van der Waals surface area contributed by atoms with Gasteiger partial charge in [0.15, 0.2) is 0 Å². The van der Waals surface area contributed by atoms with Gasteiger partial charge in [-0.1, -0.05) is 28.1 Å². The summed E-state index contributed by atoms with van der Waals surface area (Å²) in [4.78, 5) is 13.2. The molecule has 0 aliphatic heterocycles. The van der Waals surface area contributed by atoms with Crippen molar-refractivity contribution in [2.24, 2.45) is 5.92 Å². The zero-order chi connectivity index (χ0) is 15.5. The van der Waals surface area contributed by atoms with Crippen LogP contribution in [0.1, 0.15) is 31.2 Å². The fourth-order valence-electron chi connectivity index (χ4n) is 3.11. The molecule has 2 saturated carbocycles. The molecule has 0 unspecified atom stereocenters. The maximum atomic E-state index is 11.0. The van der Waals surface area contributed by atoms with Crippen LogP contribution >= 0.6 is 15.9 Å². The Morgan fingerprint density at radius 3 is 2.77 bits per heavy atom. The molecular formula is C17H23BrN2O2. The standard InChI is InChI=1S/C17H23BrN2O2/c18-14-3-1-2-13(6-14)9-19-15-7-16(8-15)20(11-17(21)22)10-12-4-5-12/h1-3,6,12,15-16,19H,4-5,7-11H2,(H,21,22). The van der Waals surface area contributed by atoms with Crippen molar-refractivity contribution in [2.75, 3.05) is 13.1 Å². The summed E-state index contributed by atoms with van der Waals surface area (Å²) in [5.41, 5.74) is 1.28. The molecule has 0 heterocycles. The van der Waals surface area contributed by atoms with Crippen LogP contribution in [-0.2, 0) is 11.3 Å². The summed E-state index contributed by atoms with van der Waals surface area (Å²) in [6.07, 6.45) is 4.67. The normalized spacial score (nSPS) is 24.3. The molecule has 22 heavy (non-hydrogen) atoms. The minimum atomic E-state index is -0.703. The van der Waals surface area contributed by atoms with Gasteiger partial charge in [0.05, 0.1) is 6.54 Å². The van der Waals surface area contributed by atoms with Crippen LogP contribution in [0.4, 0.5) is 0 Å². The maximum absolute atomic E-state index is 11.0. The topological polar surface area (TPSA) is 52.6 Å². The van der Waals surface area contributed by atoms with E-state index in [9.17, 15) is 4.79 Å². The Kier molecular flexibility index (Phi) is 5.16. The van der Waals surface area contributed by atoms with Crippen molar-refractivity contribution >= 4 is 21.9 Å². The number of nitrogens with one attached hydrogen (secondary N) is 1. The zero-order valence-electron chi connectivity index (χ0n) is 12.7. The molecule has 0 spiro atoms. The van der Waals surface area contributed by atoms with Crippen LogP contribution in [0.2, 0.25) is 0 Å². The van der Waals surface area contributed by atoms with Gasteiger partial charge in [0.2, 0.25) is 0 Å². The van der Waals surface area contributed by atoms with E-state index in [4.69, 9.17) is 5.11 Å². The Balaban J connectivity index is 1.42. The van der Waals surface area contributed by atoms with Crippen molar-refractivity contribution in [2.45, 2.75) is 44.3 Å². The molecule has 2 fully saturated rings. The van der Waals surface area contributed by atoms with Gasteiger partial charge in [0.25, 0.3) is 0 Å². The number of hydrogen-bond donors (Lipinski definition) is 2. The zero-order valence-corrected chi connectivity index (χ0v) is 14.3. The molecule has 0 radical (unpaired) electrons. The fourth-order valence-corrected chi connectivity index (χ4v) is 3.56. The predicted octanol–water partition coefficient (Wildman–Crippen LogP) is 2.87. The van der Waals surface area contributed by atoms with Crippen molar-refractivity contribution < 1.29 is 9.90 Å². The molecular weight excluding hydrogens is 344 g/mol. The number of hydrogen-bond acceptors (Lipinski definition) is 3. The first-order valence-electron chi connectivity index (χ1n) is 8.04. The van der Waals surface area contributed by atoms with E-state index < -0.39 is 5.97 Å². The van der Waals surface area contributed by atoms with Crippen LogP contribution in [0, 0.1) is 5.92 Å². The molecule has 0 aromatic heterocycles. The van der Waals surface area contributed by atoms with Gasteiger partial charge in [-0.2, -0.15) is 0 Å². The van der Waals surface area contributed by atoms with Crippen LogP contribution in [0.15, 0.2) is 28.7 Å². The molecule has 0 saturated heterocycles. The number of aliphatic carboxylic acids is 1. The van der Waals surface area contributed by atoms with Crippen LogP contribution in [0.25, 0.3) is 0 Å². The summed E-state index contributed by atoms with van der Waals surface area (Å²) in [5.74, 6) is 0.0409. The highest BCUT2D eigenvalue weighted by molar-refractivity contribution is 9.10. The Bertz CT molecular complexity index is 527. The third-order valence-corrected chi connectivity index (χ3v) is 5.13. The number of carbonyl (C=O) groups is 1. The highest BCUT2D eigenvalue weighted by atomic mass is 79.9. The smallest absolute Gasteiger partial charge is 0.317 e. The Morgan fingerprint density at radius 2 is 2.14 bits per heavy atom. The number of nitrogens with zero attached hydrogens (tertiary/aromatic N) is 1. The summed E-state index contributed by atoms with van der Waals surface area (Å²) >= 11 is 3.49. The summed E-state index contributed by atoms with van der Waals surface area (Å²) in [6, 6.07) is 9.29. The number of halogens is 1. The average Bonchev–Trinajstić information content (AvgIpc) is 3.20. The molecule has 1 aromatic carbocycles. The van der Waals surface area contributed by atoms with Gasteiger partial charge in [-0.15, -0.1) is 0 Å². The third-order valence-electron chi connectivity index (χ3n) is 4.64. The fraction of sp³-hybridized carbons (Fsp3) is 0.588. The van der Waals surface area contributed by atoms with Gasteiger partial charge in [0, 0.05) is 29.6 Å². The van der Waals surface area contributed by atoms with Crippen molar-refractivity contribution in [3.05, 3.63) is 34.3 Å². The third kappa shape index (κ3) is 4.54. The predicted molar refractivity (Wildman–Crippen MR) is 89.7 cm³/mol. The molecule has 2 N–H and O–H groups in total. The van der Waals surface area contributed by atoms with E-state index in [2.05, 4.69) is 44.3 Å². The van der Waals surface area contributed by atoms with E-state index in [1.807, 2.05) is 6.07 Å². The highest BCUT2D eigenvalue weighted by Gasteiger charge is 2.36. The monoisotopic (exact) mass is 366 g/mol. The minimum Gasteiger partial charge on any atom is -0.480 e. The molecule has 1 aromatic rings. The van der Waals surface area contributed by atoms with Crippen molar-refractivity contribution in [3.8, 4) is 0 Å². The summed E-state index contributed by atoms with van der Waals surface area (Å²) in [6.45, 7) is 2.03. The largest absolute Gasteiger partial charge is 0.480 e. The highest BCUT2D eigenvalue weighted by Crippen LogP contribution is 2.33. The van der Waals surface area contributed by atoms with E-state index in [1.165, 1.54) is 18.4 Å². The van der Waals surface area contributed by atoms with Gasteiger partial charge in [-0.25, -0.2) is 0 Å². The second kappa shape index (κ2) is 7.11. The van der Waals surface area contributed by atoms with Gasteiger partial charge in [-0.05, 0) is 49.3 Å². The second-order valence-electron chi connectivity index (χ2n) is 6.60.